The van der Waals surface area contributed by atoms with E-state index in [4.69, 9.17) is 14.3 Å². The molecule has 2 heterocycles. The third kappa shape index (κ3) is 4.78. The molecule has 30 heavy (non-hydrogen) atoms. The minimum absolute atomic E-state index is 0.0461. The number of carbonyl (C=O) groups excluding carboxylic acids is 3. The van der Waals surface area contributed by atoms with Crippen LogP contribution >= 0.6 is 0 Å². The van der Waals surface area contributed by atoms with E-state index in [0.717, 1.165) is 0 Å². The Labute approximate surface area is 171 Å². The van der Waals surface area contributed by atoms with Gasteiger partial charge in [-0.2, -0.15) is 5.10 Å². The molecule has 0 fully saturated rings. The van der Waals surface area contributed by atoms with Crippen molar-refractivity contribution in [1.29, 1.82) is 0 Å². The van der Waals surface area contributed by atoms with Gasteiger partial charge < -0.3 is 19.6 Å². The predicted octanol–water partition coefficient (Wildman–Crippen LogP) is 1.30. The summed E-state index contributed by atoms with van der Waals surface area (Å²) in [6, 6.07) is 8.69. The molecule has 0 saturated carbocycles. The zero-order chi connectivity index (χ0) is 21.5. The van der Waals surface area contributed by atoms with Gasteiger partial charge in [0.2, 0.25) is 11.7 Å². The van der Waals surface area contributed by atoms with Gasteiger partial charge in [0, 0.05) is 11.1 Å². The summed E-state index contributed by atoms with van der Waals surface area (Å²) in [6.45, 7) is 1.70. The molecule has 0 aliphatic rings. The number of carbonyl (C=O) groups is 3. The van der Waals surface area contributed by atoms with Crippen LogP contribution in [-0.4, -0.2) is 57.8 Å². The molecule has 0 unspecified atom stereocenters. The number of rotatable bonds is 9. The van der Waals surface area contributed by atoms with Gasteiger partial charge in [-0.3, -0.25) is 19.1 Å². The monoisotopic (exact) mass is 412 g/mol. The van der Waals surface area contributed by atoms with E-state index in [2.05, 4.69) is 15.4 Å². The Bertz CT molecular complexity index is 1060. The first-order valence-corrected chi connectivity index (χ1v) is 9.20. The van der Waals surface area contributed by atoms with Crippen LogP contribution in [0, 0.1) is 0 Å². The molecule has 0 bridgehead atoms. The van der Waals surface area contributed by atoms with Gasteiger partial charge in [-0.15, -0.1) is 0 Å². The highest BCUT2D eigenvalue weighted by molar-refractivity contribution is 5.93. The number of amides is 1. The Morgan fingerprint density at radius 2 is 2.10 bits per heavy atom. The minimum Gasteiger partial charge on any atom is -0.465 e. The lowest BCUT2D eigenvalue weighted by molar-refractivity contribution is -0.141. The Morgan fingerprint density at radius 3 is 2.83 bits per heavy atom. The van der Waals surface area contributed by atoms with Gasteiger partial charge in [-0.1, -0.05) is 12.1 Å². The molecule has 3 rings (SSSR count). The number of aldehydes is 1. The topological polar surface area (TPSA) is 137 Å². The van der Waals surface area contributed by atoms with E-state index in [9.17, 15) is 14.4 Å². The molecule has 0 aliphatic carbocycles. The van der Waals surface area contributed by atoms with E-state index in [-0.39, 0.29) is 38.0 Å². The number of aromatic nitrogens is 3. The van der Waals surface area contributed by atoms with Gasteiger partial charge in [0.25, 0.3) is 5.91 Å². The van der Waals surface area contributed by atoms with Crippen molar-refractivity contribution in [2.24, 2.45) is 0 Å². The van der Waals surface area contributed by atoms with Crippen LogP contribution in [0.5, 0.6) is 0 Å². The first-order chi connectivity index (χ1) is 14.5. The molecular formula is C20H20N4O6. The van der Waals surface area contributed by atoms with Crippen LogP contribution in [-0.2, 0) is 16.1 Å². The average molecular weight is 412 g/mol. The molecule has 2 aromatic heterocycles. The summed E-state index contributed by atoms with van der Waals surface area (Å²) in [4.78, 5) is 38.8. The predicted molar refractivity (Wildman–Crippen MR) is 105 cm³/mol. The molecule has 0 spiro atoms. The highest BCUT2D eigenvalue weighted by atomic mass is 16.5. The number of nitrogens with one attached hydrogen (secondary N) is 1. The van der Waals surface area contributed by atoms with Crippen molar-refractivity contribution < 1.29 is 28.6 Å². The smallest absolute Gasteiger partial charge is 0.325 e. The second kappa shape index (κ2) is 9.61. The summed E-state index contributed by atoms with van der Waals surface area (Å²) >= 11 is 0. The maximum absolute atomic E-state index is 12.1. The Hall–Kier alpha value is -3.79. The molecule has 156 valence electrons. The number of aliphatic hydroxyl groups excluding tert-OH is 1. The van der Waals surface area contributed by atoms with Crippen LogP contribution in [0.1, 0.15) is 28.0 Å². The maximum Gasteiger partial charge on any atom is 0.325 e. The lowest BCUT2D eigenvalue weighted by Gasteiger charge is -2.03. The maximum atomic E-state index is 12.1. The zero-order valence-corrected chi connectivity index (χ0v) is 16.2. The molecule has 10 heteroatoms. The summed E-state index contributed by atoms with van der Waals surface area (Å²) in [5, 5.41) is 15.8. The molecule has 3 aromatic rings. The standard InChI is InChI=1S/C20H20N4O6/c1-2-29-18(27)11-21-19(28)17-10-22-20(30-17)14-5-3-4-13(8-14)16-9-15(12-26)24(23-16)6-7-25/h3-5,8-10,12,25H,2,6-7,11H2,1H3,(H,21,28). The number of oxazole rings is 1. The lowest BCUT2D eigenvalue weighted by Crippen LogP contribution is -2.30. The van der Waals surface area contributed by atoms with Crippen molar-refractivity contribution in [1.82, 2.24) is 20.1 Å². The molecule has 0 aliphatic heterocycles. The first-order valence-electron chi connectivity index (χ1n) is 9.20. The molecule has 2 N–H and O–H groups in total. The van der Waals surface area contributed by atoms with Crippen molar-refractivity contribution >= 4 is 18.2 Å². The SMILES string of the molecule is CCOC(=O)CNC(=O)c1cnc(-c2cccc(-c3cc(C=O)n(CCO)n3)c2)o1. The second-order valence-electron chi connectivity index (χ2n) is 6.12. The van der Waals surface area contributed by atoms with E-state index >= 15 is 0 Å². The van der Waals surface area contributed by atoms with E-state index in [0.29, 0.717) is 28.8 Å². The number of aliphatic hydroxyl groups is 1. The Kier molecular flexibility index (Phi) is 6.71. The third-order valence-electron chi connectivity index (χ3n) is 4.08. The van der Waals surface area contributed by atoms with Crippen LogP contribution in [0.2, 0.25) is 0 Å². The molecule has 0 radical (unpaired) electrons. The van der Waals surface area contributed by atoms with Crippen molar-refractivity contribution in [3.63, 3.8) is 0 Å². The van der Waals surface area contributed by atoms with Crippen LogP contribution < -0.4 is 5.32 Å². The number of hydrogen-bond donors (Lipinski definition) is 2. The van der Waals surface area contributed by atoms with Crippen molar-refractivity contribution in [3.8, 4) is 22.7 Å². The number of nitrogens with zero attached hydrogens (tertiary/aromatic N) is 3. The number of benzene rings is 1. The van der Waals surface area contributed by atoms with E-state index in [1.807, 2.05) is 0 Å². The number of ether oxygens (including phenoxy) is 1. The second-order valence-corrected chi connectivity index (χ2v) is 6.12. The molecule has 1 aromatic carbocycles. The van der Waals surface area contributed by atoms with Crippen LogP contribution in [0.15, 0.2) is 40.9 Å². The Morgan fingerprint density at radius 1 is 1.30 bits per heavy atom. The number of hydrogen-bond acceptors (Lipinski definition) is 8. The molecule has 10 nitrogen and oxygen atoms in total. The quantitative estimate of drug-likeness (QED) is 0.396. The summed E-state index contributed by atoms with van der Waals surface area (Å²) in [5.74, 6) is -0.969. The van der Waals surface area contributed by atoms with Crippen LogP contribution in [0.3, 0.4) is 0 Å². The van der Waals surface area contributed by atoms with Gasteiger partial charge in [-0.25, -0.2) is 4.98 Å². The average Bonchev–Trinajstić information content (AvgIpc) is 3.40. The fourth-order valence-corrected chi connectivity index (χ4v) is 2.72. The van der Waals surface area contributed by atoms with E-state index in [1.165, 1.54) is 10.9 Å². The molecular weight excluding hydrogens is 392 g/mol. The fraction of sp³-hybridized carbons (Fsp3) is 0.250. The van der Waals surface area contributed by atoms with E-state index in [1.54, 1.807) is 37.3 Å². The normalized spacial score (nSPS) is 10.6. The molecule has 1 amide bonds. The van der Waals surface area contributed by atoms with Gasteiger partial charge in [0.1, 0.15) is 12.2 Å². The van der Waals surface area contributed by atoms with Gasteiger partial charge in [0.15, 0.2) is 6.29 Å². The zero-order valence-electron chi connectivity index (χ0n) is 16.2. The summed E-state index contributed by atoms with van der Waals surface area (Å²) in [6.07, 6.45) is 1.94. The third-order valence-corrected chi connectivity index (χ3v) is 4.08. The van der Waals surface area contributed by atoms with Crippen molar-refractivity contribution in [2.45, 2.75) is 13.5 Å². The van der Waals surface area contributed by atoms with Crippen LogP contribution in [0.25, 0.3) is 22.7 Å². The van der Waals surface area contributed by atoms with Gasteiger partial charge >= 0.3 is 5.97 Å². The van der Waals surface area contributed by atoms with Crippen molar-refractivity contribution in [2.75, 3.05) is 19.8 Å². The summed E-state index contributed by atoms with van der Waals surface area (Å²) in [5.41, 5.74) is 2.20. The van der Waals surface area contributed by atoms with Gasteiger partial charge in [-0.05, 0) is 25.1 Å². The highest BCUT2D eigenvalue weighted by Gasteiger charge is 2.16. The van der Waals surface area contributed by atoms with Crippen LogP contribution in [0.4, 0.5) is 0 Å². The number of esters is 1. The minimum atomic E-state index is -0.587. The first kappa shape index (κ1) is 20.9. The van der Waals surface area contributed by atoms with E-state index < -0.39 is 11.9 Å². The molecule has 0 atom stereocenters. The summed E-state index contributed by atoms with van der Waals surface area (Å²) < 4.78 is 11.7. The molecule has 0 saturated heterocycles. The highest BCUT2D eigenvalue weighted by Crippen LogP contribution is 2.26. The summed E-state index contributed by atoms with van der Waals surface area (Å²) in [7, 11) is 0. The lowest BCUT2D eigenvalue weighted by atomic mass is 10.1. The largest absolute Gasteiger partial charge is 0.465 e. The Balaban J connectivity index is 1.78. The fourth-order valence-electron chi connectivity index (χ4n) is 2.72. The van der Waals surface area contributed by atoms with Crippen molar-refractivity contribution in [3.05, 3.63) is 48.0 Å². The van der Waals surface area contributed by atoms with Gasteiger partial charge in [0.05, 0.1) is 31.6 Å².